The SMILES string of the molecule is COc1ccc(/C=N/NC(=S)Nc2ccc(C)cc2)c(OC)c1. The van der Waals surface area contributed by atoms with Crippen molar-refractivity contribution in [2.45, 2.75) is 6.92 Å². The maximum Gasteiger partial charge on any atom is 0.191 e. The number of hydrogen-bond acceptors (Lipinski definition) is 4. The zero-order chi connectivity index (χ0) is 16.7. The Labute approximate surface area is 141 Å². The summed E-state index contributed by atoms with van der Waals surface area (Å²) in [6.07, 6.45) is 1.64. The Morgan fingerprint density at radius 1 is 1.09 bits per heavy atom. The molecule has 2 N–H and O–H groups in total. The summed E-state index contributed by atoms with van der Waals surface area (Å²) in [7, 11) is 3.21. The molecule has 23 heavy (non-hydrogen) atoms. The van der Waals surface area contributed by atoms with Crippen molar-refractivity contribution < 1.29 is 9.47 Å². The normalized spacial score (nSPS) is 10.4. The van der Waals surface area contributed by atoms with E-state index in [1.165, 1.54) is 5.56 Å². The van der Waals surface area contributed by atoms with Gasteiger partial charge in [-0.15, -0.1) is 0 Å². The Kier molecular flexibility index (Phi) is 5.94. The van der Waals surface area contributed by atoms with Crippen molar-refractivity contribution in [3.63, 3.8) is 0 Å². The van der Waals surface area contributed by atoms with Gasteiger partial charge in [-0.25, -0.2) is 0 Å². The number of aryl methyl sites for hydroxylation is 1. The quantitative estimate of drug-likeness (QED) is 0.501. The summed E-state index contributed by atoms with van der Waals surface area (Å²) in [5.74, 6) is 1.40. The fourth-order valence-electron chi connectivity index (χ4n) is 1.88. The van der Waals surface area contributed by atoms with Crippen LogP contribution in [-0.4, -0.2) is 25.5 Å². The summed E-state index contributed by atoms with van der Waals surface area (Å²) in [6, 6.07) is 13.4. The van der Waals surface area contributed by atoms with E-state index in [1.807, 2.05) is 43.3 Å². The van der Waals surface area contributed by atoms with Gasteiger partial charge in [0.1, 0.15) is 11.5 Å². The van der Waals surface area contributed by atoms with E-state index in [1.54, 1.807) is 26.5 Å². The molecular formula is C17H19N3O2S. The molecule has 0 unspecified atom stereocenters. The Morgan fingerprint density at radius 2 is 1.83 bits per heavy atom. The second-order valence-corrected chi connectivity index (χ2v) is 5.21. The smallest absolute Gasteiger partial charge is 0.191 e. The van der Waals surface area contributed by atoms with Crippen LogP contribution in [0.3, 0.4) is 0 Å². The van der Waals surface area contributed by atoms with Gasteiger partial charge in [0, 0.05) is 17.3 Å². The fraction of sp³-hybridized carbons (Fsp3) is 0.176. The monoisotopic (exact) mass is 329 g/mol. The molecule has 0 saturated heterocycles. The number of ether oxygens (including phenoxy) is 2. The van der Waals surface area contributed by atoms with E-state index >= 15 is 0 Å². The largest absolute Gasteiger partial charge is 0.497 e. The van der Waals surface area contributed by atoms with E-state index < -0.39 is 0 Å². The zero-order valence-electron chi connectivity index (χ0n) is 13.3. The number of hydrogen-bond donors (Lipinski definition) is 2. The fourth-order valence-corrected chi connectivity index (χ4v) is 2.05. The molecule has 0 bridgehead atoms. The predicted molar refractivity (Wildman–Crippen MR) is 97.7 cm³/mol. The molecule has 6 heteroatoms. The first-order valence-corrected chi connectivity index (χ1v) is 7.42. The summed E-state index contributed by atoms with van der Waals surface area (Å²) in [4.78, 5) is 0. The maximum absolute atomic E-state index is 5.30. The molecule has 120 valence electrons. The first-order valence-electron chi connectivity index (χ1n) is 7.01. The Balaban J connectivity index is 1.95. The van der Waals surface area contributed by atoms with Crippen LogP contribution in [0.2, 0.25) is 0 Å². The number of rotatable bonds is 5. The molecule has 0 fully saturated rings. The topological polar surface area (TPSA) is 54.9 Å². The highest BCUT2D eigenvalue weighted by Crippen LogP contribution is 2.22. The van der Waals surface area contributed by atoms with E-state index in [2.05, 4.69) is 15.8 Å². The molecule has 2 aromatic rings. The van der Waals surface area contributed by atoms with Crippen LogP contribution in [0.5, 0.6) is 11.5 Å². The van der Waals surface area contributed by atoms with Gasteiger partial charge in [0.05, 0.1) is 20.4 Å². The molecule has 0 spiro atoms. The third-order valence-corrected chi connectivity index (χ3v) is 3.31. The van der Waals surface area contributed by atoms with Gasteiger partial charge in [-0.3, -0.25) is 5.43 Å². The minimum atomic E-state index is 0.414. The average Bonchev–Trinajstić information content (AvgIpc) is 2.57. The van der Waals surface area contributed by atoms with Crippen molar-refractivity contribution in [2.75, 3.05) is 19.5 Å². The number of thiocarbonyl (C=S) groups is 1. The molecule has 0 aliphatic heterocycles. The van der Waals surface area contributed by atoms with Crippen LogP contribution >= 0.6 is 12.2 Å². The standard InChI is InChI=1S/C17H19N3O2S/c1-12-4-7-14(8-5-12)19-17(23)20-18-11-13-6-9-15(21-2)10-16(13)22-3/h4-11H,1-3H3,(H2,19,20,23)/b18-11+. The van der Waals surface area contributed by atoms with Gasteiger partial charge in [0.2, 0.25) is 0 Å². The molecule has 0 amide bonds. The molecule has 0 aliphatic carbocycles. The van der Waals surface area contributed by atoms with Gasteiger partial charge in [0.15, 0.2) is 5.11 Å². The van der Waals surface area contributed by atoms with Crippen LogP contribution in [0, 0.1) is 6.92 Å². The number of nitrogens with one attached hydrogen (secondary N) is 2. The highest BCUT2D eigenvalue weighted by Gasteiger charge is 2.02. The lowest BCUT2D eigenvalue weighted by molar-refractivity contribution is 0.394. The molecule has 0 atom stereocenters. The molecule has 0 radical (unpaired) electrons. The second kappa shape index (κ2) is 8.14. The minimum absolute atomic E-state index is 0.414. The maximum atomic E-state index is 5.30. The van der Waals surface area contributed by atoms with E-state index in [9.17, 15) is 0 Å². The second-order valence-electron chi connectivity index (χ2n) is 4.80. The Morgan fingerprint density at radius 3 is 2.48 bits per heavy atom. The Bertz CT molecular complexity index is 699. The van der Waals surface area contributed by atoms with Gasteiger partial charge in [0.25, 0.3) is 0 Å². The number of benzene rings is 2. The zero-order valence-corrected chi connectivity index (χ0v) is 14.1. The van der Waals surface area contributed by atoms with E-state index in [0.717, 1.165) is 17.0 Å². The summed E-state index contributed by atoms with van der Waals surface area (Å²) < 4.78 is 10.5. The van der Waals surface area contributed by atoms with Crippen molar-refractivity contribution in [3.8, 4) is 11.5 Å². The van der Waals surface area contributed by atoms with Crippen molar-refractivity contribution in [1.29, 1.82) is 0 Å². The molecule has 0 aliphatic rings. The summed E-state index contributed by atoms with van der Waals surface area (Å²) in [6.45, 7) is 2.03. The molecule has 2 aromatic carbocycles. The van der Waals surface area contributed by atoms with E-state index in [-0.39, 0.29) is 0 Å². The summed E-state index contributed by atoms with van der Waals surface area (Å²) in [5, 5.41) is 7.59. The van der Waals surface area contributed by atoms with Crippen molar-refractivity contribution in [3.05, 3.63) is 53.6 Å². The highest BCUT2D eigenvalue weighted by atomic mass is 32.1. The molecule has 0 aromatic heterocycles. The lowest BCUT2D eigenvalue weighted by Gasteiger charge is -2.08. The van der Waals surface area contributed by atoms with Crippen LogP contribution in [-0.2, 0) is 0 Å². The van der Waals surface area contributed by atoms with Gasteiger partial charge >= 0.3 is 0 Å². The number of methoxy groups -OCH3 is 2. The van der Waals surface area contributed by atoms with Crippen LogP contribution in [0.1, 0.15) is 11.1 Å². The first-order chi connectivity index (χ1) is 11.1. The van der Waals surface area contributed by atoms with Gasteiger partial charge < -0.3 is 14.8 Å². The summed E-state index contributed by atoms with van der Waals surface area (Å²) in [5.41, 5.74) is 5.70. The van der Waals surface area contributed by atoms with E-state index in [4.69, 9.17) is 21.7 Å². The average molecular weight is 329 g/mol. The van der Waals surface area contributed by atoms with Crippen LogP contribution in [0.4, 0.5) is 5.69 Å². The molecule has 0 heterocycles. The van der Waals surface area contributed by atoms with Crippen molar-refractivity contribution >= 4 is 29.2 Å². The van der Waals surface area contributed by atoms with Crippen LogP contribution in [0.15, 0.2) is 47.6 Å². The third-order valence-electron chi connectivity index (χ3n) is 3.12. The summed E-state index contributed by atoms with van der Waals surface area (Å²) >= 11 is 5.20. The number of hydrazone groups is 1. The van der Waals surface area contributed by atoms with E-state index in [0.29, 0.717) is 10.9 Å². The number of nitrogens with zero attached hydrogens (tertiary/aromatic N) is 1. The lowest BCUT2D eigenvalue weighted by atomic mass is 10.2. The Hall–Kier alpha value is -2.60. The third kappa shape index (κ3) is 4.96. The van der Waals surface area contributed by atoms with Gasteiger partial charge in [-0.1, -0.05) is 17.7 Å². The lowest BCUT2D eigenvalue weighted by Crippen LogP contribution is -2.23. The van der Waals surface area contributed by atoms with Crippen LogP contribution < -0.4 is 20.2 Å². The van der Waals surface area contributed by atoms with Gasteiger partial charge in [-0.2, -0.15) is 5.10 Å². The molecular weight excluding hydrogens is 310 g/mol. The minimum Gasteiger partial charge on any atom is -0.497 e. The molecule has 0 saturated carbocycles. The molecule has 5 nitrogen and oxygen atoms in total. The predicted octanol–water partition coefficient (Wildman–Crippen LogP) is 3.33. The molecule has 2 rings (SSSR count). The van der Waals surface area contributed by atoms with Crippen molar-refractivity contribution in [2.24, 2.45) is 5.10 Å². The van der Waals surface area contributed by atoms with Gasteiger partial charge in [-0.05, 0) is 43.4 Å². The van der Waals surface area contributed by atoms with Crippen LogP contribution in [0.25, 0.3) is 0 Å². The first kappa shape index (κ1) is 16.8. The van der Waals surface area contributed by atoms with Crippen molar-refractivity contribution in [1.82, 2.24) is 5.43 Å². The highest BCUT2D eigenvalue weighted by molar-refractivity contribution is 7.80. The number of anilines is 1.